The van der Waals surface area contributed by atoms with Crippen molar-refractivity contribution in [2.45, 2.75) is 0 Å². The Morgan fingerprint density at radius 3 is 2.33 bits per heavy atom. The molecule has 0 saturated heterocycles. The van der Waals surface area contributed by atoms with Crippen LogP contribution in [0.3, 0.4) is 0 Å². The maximum Gasteiger partial charge on any atom is 0.0551 e. The molecule has 2 rings (SSSR count). The van der Waals surface area contributed by atoms with Crippen molar-refractivity contribution in [1.29, 1.82) is 0 Å². The maximum atomic E-state index is 6.04. The average Bonchev–Trinajstić information content (AvgIpc) is 2.27. The molecule has 15 heavy (non-hydrogen) atoms. The molecule has 0 aliphatic rings. The van der Waals surface area contributed by atoms with Crippen LogP contribution in [0, 0.1) is 3.57 Å². The van der Waals surface area contributed by atoms with Gasteiger partial charge in [0.05, 0.1) is 5.02 Å². The standard InChI is InChI=1S/C12H7BrClI/c13-11-9(6-7-10(14)12(11)15)8-4-2-1-3-5-8/h1-7H. The minimum absolute atomic E-state index is 0.780. The predicted molar refractivity (Wildman–Crippen MR) is 77.3 cm³/mol. The molecule has 0 spiro atoms. The minimum atomic E-state index is 0.780. The first-order chi connectivity index (χ1) is 7.20. The summed E-state index contributed by atoms with van der Waals surface area (Å²) < 4.78 is 2.11. The van der Waals surface area contributed by atoms with E-state index >= 15 is 0 Å². The first-order valence-corrected chi connectivity index (χ1v) is 6.64. The molecule has 2 aromatic rings. The summed E-state index contributed by atoms with van der Waals surface area (Å²) in [5, 5.41) is 0.780. The van der Waals surface area contributed by atoms with Crippen molar-refractivity contribution in [3.05, 3.63) is 55.5 Å². The molecule has 0 bridgehead atoms. The molecule has 0 fully saturated rings. The molecule has 0 saturated carbocycles. The summed E-state index contributed by atoms with van der Waals surface area (Å²) in [6.07, 6.45) is 0. The van der Waals surface area contributed by atoms with E-state index in [-0.39, 0.29) is 0 Å². The zero-order chi connectivity index (χ0) is 10.8. The Morgan fingerprint density at radius 2 is 1.67 bits per heavy atom. The third kappa shape index (κ3) is 2.37. The number of hydrogen-bond acceptors (Lipinski definition) is 0. The first kappa shape index (κ1) is 11.4. The highest BCUT2D eigenvalue weighted by atomic mass is 127. The van der Waals surface area contributed by atoms with Crippen LogP contribution < -0.4 is 0 Å². The number of hydrogen-bond donors (Lipinski definition) is 0. The van der Waals surface area contributed by atoms with Gasteiger partial charge in [0.15, 0.2) is 0 Å². The highest BCUT2D eigenvalue weighted by Gasteiger charge is 2.08. The van der Waals surface area contributed by atoms with Gasteiger partial charge in [0, 0.05) is 8.04 Å². The molecule has 0 N–H and O–H groups in total. The Bertz CT molecular complexity index is 482. The molecule has 0 nitrogen and oxygen atoms in total. The van der Waals surface area contributed by atoms with E-state index in [4.69, 9.17) is 11.6 Å². The van der Waals surface area contributed by atoms with Gasteiger partial charge in [-0.1, -0.05) is 48.0 Å². The predicted octanol–water partition coefficient (Wildman–Crippen LogP) is 5.37. The summed E-state index contributed by atoms with van der Waals surface area (Å²) in [6, 6.07) is 14.2. The Labute approximate surface area is 116 Å². The highest BCUT2D eigenvalue weighted by molar-refractivity contribution is 14.1. The molecular weight excluding hydrogens is 386 g/mol. The van der Waals surface area contributed by atoms with Crippen LogP contribution >= 0.6 is 50.1 Å². The molecule has 3 heteroatoms. The fraction of sp³-hybridized carbons (Fsp3) is 0. The van der Waals surface area contributed by atoms with Gasteiger partial charge in [0.25, 0.3) is 0 Å². The van der Waals surface area contributed by atoms with E-state index in [9.17, 15) is 0 Å². The van der Waals surface area contributed by atoms with Crippen molar-refractivity contribution in [2.75, 3.05) is 0 Å². The molecule has 0 heterocycles. The van der Waals surface area contributed by atoms with E-state index in [1.54, 1.807) is 0 Å². The summed E-state index contributed by atoms with van der Waals surface area (Å²) in [7, 11) is 0. The van der Waals surface area contributed by atoms with E-state index in [0.29, 0.717) is 0 Å². The molecule has 0 aromatic heterocycles. The van der Waals surface area contributed by atoms with Crippen molar-refractivity contribution < 1.29 is 0 Å². The fourth-order valence-corrected chi connectivity index (χ4v) is 2.68. The zero-order valence-corrected chi connectivity index (χ0v) is 12.2. The Kier molecular flexibility index (Phi) is 3.69. The van der Waals surface area contributed by atoms with Gasteiger partial charge in [-0.15, -0.1) is 0 Å². The molecule has 0 aliphatic carbocycles. The smallest absolute Gasteiger partial charge is 0.0551 e. The lowest BCUT2D eigenvalue weighted by Crippen LogP contribution is -1.84. The van der Waals surface area contributed by atoms with Gasteiger partial charge < -0.3 is 0 Å². The number of benzene rings is 2. The van der Waals surface area contributed by atoms with Crippen LogP contribution in [-0.4, -0.2) is 0 Å². The summed E-state index contributed by atoms with van der Waals surface area (Å²) in [6.45, 7) is 0. The molecule has 0 aliphatic heterocycles. The lowest BCUT2D eigenvalue weighted by atomic mass is 10.1. The van der Waals surface area contributed by atoms with Crippen LogP contribution in [0.4, 0.5) is 0 Å². The molecule has 0 radical (unpaired) electrons. The highest BCUT2D eigenvalue weighted by Crippen LogP contribution is 2.35. The van der Waals surface area contributed by atoms with Crippen LogP contribution in [0.25, 0.3) is 11.1 Å². The second-order valence-corrected chi connectivity index (χ2v) is 5.37. The van der Waals surface area contributed by atoms with E-state index in [1.807, 2.05) is 30.3 Å². The van der Waals surface area contributed by atoms with Crippen molar-refractivity contribution in [1.82, 2.24) is 0 Å². The normalized spacial score (nSPS) is 10.3. The third-order valence-electron chi connectivity index (χ3n) is 2.12. The summed E-state index contributed by atoms with van der Waals surface area (Å²) in [4.78, 5) is 0. The summed E-state index contributed by atoms with van der Waals surface area (Å²) in [5.74, 6) is 0. The Balaban J connectivity index is 2.60. The van der Waals surface area contributed by atoms with E-state index in [0.717, 1.165) is 13.1 Å². The second-order valence-electron chi connectivity index (χ2n) is 3.09. The van der Waals surface area contributed by atoms with Crippen molar-refractivity contribution in [2.24, 2.45) is 0 Å². The van der Waals surface area contributed by atoms with Crippen molar-refractivity contribution in [3.63, 3.8) is 0 Å². The molecular formula is C12H7BrClI. The van der Waals surface area contributed by atoms with Gasteiger partial charge >= 0.3 is 0 Å². The molecule has 0 unspecified atom stereocenters. The molecule has 2 aromatic carbocycles. The van der Waals surface area contributed by atoms with Gasteiger partial charge in [0.1, 0.15) is 0 Å². The van der Waals surface area contributed by atoms with E-state index in [2.05, 4.69) is 50.7 Å². The van der Waals surface area contributed by atoms with Crippen LogP contribution in [0.5, 0.6) is 0 Å². The van der Waals surface area contributed by atoms with Crippen LogP contribution in [0.1, 0.15) is 0 Å². The largest absolute Gasteiger partial charge is 0.0831 e. The lowest BCUT2D eigenvalue weighted by Gasteiger charge is -2.07. The number of halogens is 3. The lowest BCUT2D eigenvalue weighted by molar-refractivity contribution is 1.54. The van der Waals surface area contributed by atoms with Crippen LogP contribution in [0.2, 0.25) is 5.02 Å². The SMILES string of the molecule is Clc1ccc(-c2ccccc2)c(Br)c1I. The second kappa shape index (κ2) is 4.85. The number of rotatable bonds is 1. The van der Waals surface area contributed by atoms with Crippen molar-refractivity contribution >= 4 is 50.1 Å². The topological polar surface area (TPSA) is 0 Å². The average molecular weight is 393 g/mol. The van der Waals surface area contributed by atoms with Crippen LogP contribution in [-0.2, 0) is 0 Å². The molecule has 0 amide bonds. The monoisotopic (exact) mass is 392 g/mol. The van der Waals surface area contributed by atoms with Gasteiger partial charge in [-0.2, -0.15) is 0 Å². The van der Waals surface area contributed by atoms with Gasteiger partial charge in [-0.25, -0.2) is 0 Å². The van der Waals surface area contributed by atoms with E-state index in [1.165, 1.54) is 11.1 Å². The zero-order valence-electron chi connectivity index (χ0n) is 7.68. The van der Waals surface area contributed by atoms with Crippen molar-refractivity contribution in [3.8, 4) is 11.1 Å². The Hall–Kier alpha value is -0.0600. The third-order valence-corrected chi connectivity index (χ3v) is 5.44. The maximum absolute atomic E-state index is 6.04. The minimum Gasteiger partial charge on any atom is -0.0831 e. The fourth-order valence-electron chi connectivity index (χ4n) is 1.37. The molecule has 76 valence electrons. The quantitative estimate of drug-likeness (QED) is 0.451. The van der Waals surface area contributed by atoms with Gasteiger partial charge in [-0.3, -0.25) is 0 Å². The van der Waals surface area contributed by atoms with Gasteiger partial charge in [0.2, 0.25) is 0 Å². The Morgan fingerprint density at radius 1 is 1.00 bits per heavy atom. The van der Waals surface area contributed by atoms with Crippen LogP contribution in [0.15, 0.2) is 46.9 Å². The first-order valence-electron chi connectivity index (χ1n) is 4.39. The summed E-state index contributed by atoms with van der Waals surface area (Å²) in [5.41, 5.74) is 2.36. The van der Waals surface area contributed by atoms with E-state index < -0.39 is 0 Å². The molecule has 0 atom stereocenters. The van der Waals surface area contributed by atoms with Gasteiger partial charge in [-0.05, 0) is 55.7 Å². The summed E-state index contributed by atoms with van der Waals surface area (Å²) >= 11 is 11.9.